The molecule has 1 unspecified atom stereocenters. The Morgan fingerprint density at radius 2 is 2.04 bits per heavy atom. The van der Waals surface area contributed by atoms with Crippen molar-refractivity contribution in [2.45, 2.75) is 77.9 Å². The predicted molar refractivity (Wildman–Crippen MR) is 116 cm³/mol. The third-order valence-electron chi connectivity index (χ3n) is 6.18. The number of rotatable bonds is 9. The highest BCUT2D eigenvalue weighted by molar-refractivity contribution is 6.30. The topological polar surface area (TPSA) is 25.2 Å². The van der Waals surface area contributed by atoms with Gasteiger partial charge < -0.3 is 9.47 Å². The van der Waals surface area contributed by atoms with Gasteiger partial charge in [-0.15, -0.1) is 0 Å². The fourth-order valence-corrected chi connectivity index (χ4v) is 4.45. The highest BCUT2D eigenvalue weighted by atomic mass is 35.5. The van der Waals surface area contributed by atoms with Crippen LogP contribution < -0.4 is 0 Å². The van der Waals surface area contributed by atoms with Crippen LogP contribution >= 0.6 is 11.6 Å². The molecule has 0 spiro atoms. The molecule has 0 saturated heterocycles. The lowest BCUT2D eigenvalue weighted by molar-refractivity contribution is -0.134. The lowest BCUT2D eigenvalue weighted by Gasteiger charge is -2.30. The maximum atomic E-state index is 13.0. The van der Waals surface area contributed by atoms with Crippen LogP contribution in [0.3, 0.4) is 0 Å². The maximum Gasteiger partial charge on any atom is 0.223 e. The number of aromatic nitrogens is 1. The molecule has 3 rings (SSSR count). The Bertz CT molecular complexity index is 763. The van der Waals surface area contributed by atoms with E-state index in [2.05, 4.69) is 47.7 Å². The van der Waals surface area contributed by atoms with Gasteiger partial charge in [-0.1, -0.05) is 56.3 Å². The number of halogens is 1. The van der Waals surface area contributed by atoms with Crippen molar-refractivity contribution in [2.75, 3.05) is 0 Å². The van der Waals surface area contributed by atoms with Crippen molar-refractivity contribution in [2.24, 2.45) is 5.92 Å². The lowest BCUT2D eigenvalue weighted by Crippen LogP contribution is -2.38. The van der Waals surface area contributed by atoms with Gasteiger partial charge in [-0.3, -0.25) is 4.79 Å². The standard InChI is InChI=1S/C24H33ClN2O/c1-3-19(2)27(24(28)14-13-20-8-4-5-9-20)18-23-12-7-15-26(23)17-21-10-6-11-22(25)16-21/h6-7,10-12,15-16,19-20H,3-5,8-9,13-14,17-18H2,1-2H3. The molecular formula is C24H33ClN2O. The van der Waals surface area contributed by atoms with Crippen molar-refractivity contribution < 1.29 is 4.79 Å². The van der Waals surface area contributed by atoms with Crippen LogP contribution in [-0.4, -0.2) is 21.4 Å². The molecule has 1 atom stereocenters. The van der Waals surface area contributed by atoms with Crippen LogP contribution in [-0.2, 0) is 17.9 Å². The second-order valence-corrected chi connectivity index (χ2v) is 8.66. The van der Waals surface area contributed by atoms with Crippen LogP contribution in [0.25, 0.3) is 0 Å². The van der Waals surface area contributed by atoms with E-state index in [-0.39, 0.29) is 6.04 Å². The number of carbonyl (C=O) groups excluding carboxylic acids is 1. The zero-order valence-electron chi connectivity index (χ0n) is 17.2. The van der Waals surface area contributed by atoms with Gasteiger partial charge in [-0.25, -0.2) is 0 Å². The summed E-state index contributed by atoms with van der Waals surface area (Å²) in [7, 11) is 0. The van der Waals surface area contributed by atoms with Crippen LogP contribution in [0.5, 0.6) is 0 Å². The maximum absolute atomic E-state index is 13.0. The van der Waals surface area contributed by atoms with E-state index in [0.717, 1.165) is 30.3 Å². The lowest BCUT2D eigenvalue weighted by atomic mass is 10.0. The second-order valence-electron chi connectivity index (χ2n) is 8.23. The molecule has 3 nitrogen and oxygen atoms in total. The minimum absolute atomic E-state index is 0.255. The van der Waals surface area contributed by atoms with Gasteiger partial charge in [0, 0.05) is 35.9 Å². The van der Waals surface area contributed by atoms with Gasteiger partial charge in [-0.05, 0) is 55.5 Å². The second kappa shape index (κ2) is 10.2. The van der Waals surface area contributed by atoms with Gasteiger partial charge in [-0.2, -0.15) is 0 Å². The van der Waals surface area contributed by atoms with Gasteiger partial charge in [0.2, 0.25) is 5.91 Å². The molecule has 1 saturated carbocycles. The molecule has 4 heteroatoms. The average Bonchev–Trinajstić information content (AvgIpc) is 3.36. The van der Waals surface area contributed by atoms with E-state index >= 15 is 0 Å². The van der Waals surface area contributed by atoms with Crippen LogP contribution in [0.2, 0.25) is 5.02 Å². The molecule has 1 aromatic heterocycles. The number of amides is 1. The Labute approximate surface area is 174 Å². The molecular weight excluding hydrogens is 368 g/mol. The molecule has 1 fully saturated rings. The summed E-state index contributed by atoms with van der Waals surface area (Å²) in [5.74, 6) is 1.06. The Balaban J connectivity index is 1.67. The first kappa shape index (κ1) is 21.0. The van der Waals surface area contributed by atoms with E-state index in [4.69, 9.17) is 11.6 Å². The molecule has 0 bridgehead atoms. The van der Waals surface area contributed by atoms with Crippen molar-refractivity contribution in [1.29, 1.82) is 0 Å². The minimum Gasteiger partial charge on any atom is -0.345 e. The normalized spacial score (nSPS) is 15.7. The monoisotopic (exact) mass is 400 g/mol. The van der Waals surface area contributed by atoms with Gasteiger partial charge >= 0.3 is 0 Å². The highest BCUT2D eigenvalue weighted by Crippen LogP contribution is 2.29. The summed E-state index contributed by atoms with van der Waals surface area (Å²) >= 11 is 6.14. The number of hydrogen-bond acceptors (Lipinski definition) is 1. The van der Waals surface area contributed by atoms with E-state index in [1.807, 2.05) is 18.2 Å². The SMILES string of the molecule is CCC(C)N(Cc1cccn1Cc1cccc(Cl)c1)C(=O)CCC1CCCC1. The molecule has 2 aromatic rings. The molecule has 1 aliphatic carbocycles. The first-order valence-electron chi connectivity index (χ1n) is 10.7. The Morgan fingerprint density at radius 1 is 1.25 bits per heavy atom. The summed E-state index contributed by atoms with van der Waals surface area (Å²) in [5.41, 5.74) is 2.35. The first-order valence-corrected chi connectivity index (χ1v) is 11.1. The van der Waals surface area contributed by atoms with Crippen molar-refractivity contribution >= 4 is 17.5 Å². The highest BCUT2D eigenvalue weighted by Gasteiger charge is 2.23. The number of carbonyl (C=O) groups is 1. The molecule has 0 N–H and O–H groups in total. The van der Waals surface area contributed by atoms with Gasteiger partial charge in [0.25, 0.3) is 0 Å². The van der Waals surface area contributed by atoms with Crippen LogP contribution in [0.1, 0.15) is 70.1 Å². The zero-order chi connectivity index (χ0) is 19.9. The van der Waals surface area contributed by atoms with Crippen molar-refractivity contribution in [3.05, 3.63) is 58.9 Å². The van der Waals surface area contributed by atoms with Crippen molar-refractivity contribution in [3.63, 3.8) is 0 Å². The fraction of sp³-hybridized carbons (Fsp3) is 0.542. The Kier molecular flexibility index (Phi) is 7.61. The Morgan fingerprint density at radius 3 is 2.75 bits per heavy atom. The van der Waals surface area contributed by atoms with E-state index < -0.39 is 0 Å². The summed E-state index contributed by atoms with van der Waals surface area (Å²) in [5, 5.41) is 0.759. The Hall–Kier alpha value is -1.74. The summed E-state index contributed by atoms with van der Waals surface area (Å²) in [6, 6.07) is 12.4. The molecule has 152 valence electrons. The van der Waals surface area contributed by atoms with Crippen LogP contribution in [0.15, 0.2) is 42.6 Å². The molecule has 1 aliphatic rings. The van der Waals surface area contributed by atoms with E-state index in [9.17, 15) is 4.79 Å². The largest absolute Gasteiger partial charge is 0.345 e. The number of nitrogens with zero attached hydrogens (tertiary/aromatic N) is 2. The summed E-state index contributed by atoms with van der Waals surface area (Å²) in [4.78, 5) is 15.1. The van der Waals surface area contributed by atoms with E-state index in [1.54, 1.807) is 0 Å². The molecule has 1 aromatic carbocycles. The summed E-state index contributed by atoms with van der Waals surface area (Å²) in [6.07, 6.45) is 10.1. The number of hydrogen-bond donors (Lipinski definition) is 0. The van der Waals surface area contributed by atoms with E-state index in [1.165, 1.54) is 36.9 Å². The zero-order valence-corrected chi connectivity index (χ0v) is 18.0. The smallest absolute Gasteiger partial charge is 0.223 e. The third-order valence-corrected chi connectivity index (χ3v) is 6.42. The summed E-state index contributed by atoms with van der Waals surface area (Å²) < 4.78 is 2.23. The quantitative estimate of drug-likeness (QED) is 0.485. The molecule has 1 heterocycles. The molecule has 1 amide bonds. The van der Waals surface area contributed by atoms with Crippen LogP contribution in [0, 0.1) is 5.92 Å². The number of benzene rings is 1. The summed E-state index contributed by atoms with van der Waals surface area (Å²) in [6.45, 7) is 5.77. The molecule has 0 aliphatic heterocycles. The molecule has 28 heavy (non-hydrogen) atoms. The minimum atomic E-state index is 0.255. The average molecular weight is 401 g/mol. The third kappa shape index (κ3) is 5.64. The molecule has 0 radical (unpaired) electrons. The van der Waals surface area contributed by atoms with Crippen LogP contribution in [0.4, 0.5) is 0 Å². The van der Waals surface area contributed by atoms with Gasteiger partial charge in [0.15, 0.2) is 0 Å². The van der Waals surface area contributed by atoms with Crippen molar-refractivity contribution in [1.82, 2.24) is 9.47 Å². The van der Waals surface area contributed by atoms with Crippen molar-refractivity contribution in [3.8, 4) is 0 Å². The van der Waals surface area contributed by atoms with E-state index in [0.29, 0.717) is 18.9 Å². The predicted octanol–water partition coefficient (Wildman–Crippen LogP) is 6.29. The van der Waals surface area contributed by atoms with Gasteiger partial charge in [0.1, 0.15) is 0 Å². The first-order chi connectivity index (χ1) is 13.6. The fourth-order valence-electron chi connectivity index (χ4n) is 4.23. The van der Waals surface area contributed by atoms with Gasteiger partial charge in [0.05, 0.1) is 6.54 Å².